The summed E-state index contributed by atoms with van der Waals surface area (Å²) in [7, 11) is 1.82. The number of hydrogen-bond acceptors (Lipinski definition) is 5. The number of carbonyl (C=O) groups is 1. The summed E-state index contributed by atoms with van der Waals surface area (Å²) in [4.78, 5) is 28.0. The summed E-state index contributed by atoms with van der Waals surface area (Å²) in [6, 6.07) is 7.32. The molecule has 0 unspecified atom stereocenters. The predicted octanol–water partition coefficient (Wildman–Crippen LogP) is 3.48. The quantitative estimate of drug-likeness (QED) is 0.731. The van der Waals surface area contributed by atoms with Gasteiger partial charge in [-0.1, -0.05) is 23.7 Å². The minimum Gasteiger partial charge on any atom is -0.368 e. The van der Waals surface area contributed by atoms with Crippen LogP contribution in [0, 0.1) is 0 Å². The van der Waals surface area contributed by atoms with Crippen LogP contribution >= 0.6 is 11.6 Å². The second kappa shape index (κ2) is 7.59. The highest BCUT2D eigenvalue weighted by Gasteiger charge is 2.33. The molecule has 0 spiro atoms. The van der Waals surface area contributed by atoms with Gasteiger partial charge in [0.1, 0.15) is 0 Å². The Labute approximate surface area is 168 Å². The molecule has 144 valence electrons. The topological polar surface area (TPSA) is 89.9 Å². The van der Waals surface area contributed by atoms with Gasteiger partial charge in [-0.15, -0.1) is 0 Å². The molecule has 1 amide bonds. The van der Waals surface area contributed by atoms with Crippen molar-refractivity contribution < 1.29 is 4.79 Å². The van der Waals surface area contributed by atoms with Crippen LogP contribution in [-0.4, -0.2) is 36.9 Å². The van der Waals surface area contributed by atoms with Crippen LogP contribution in [-0.2, 0) is 7.05 Å². The Hall–Kier alpha value is -2.93. The molecule has 0 saturated carbocycles. The summed E-state index contributed by atoms with van der Waals surface area (Å²) in [6.45, 7) is 0.653. The summed E-state index contributed by atoms with van der Waals surface area (Å²) in [5.74, 6) is 0.515. The molecule has 1 saturated heterocycles. The molecule has 3 aromatic rings. The van der Waals surface area contributed by atoms with Gasteiger partial charge >= 0.3 is 0 Å². The highest BCUT2D eigenvalue weighted by molar-refractivity contribution is 6.30. The van der Waals surface area contributed by atoms with Gasteiger partial charge < -0.3 is 15.2 Å². The van der Waals surface area contributed by atoms with Crippen molar-refractivity contribution in [3.63, 3.8) is 0 Å². The zero-order valence-corrected chi connectivity index (χ0v) is 16.3. The smallest absolute Gasteiger partial charge is 0.290 e. The van der Waals surface area contributed by atoms with Gasteiger partial charge in [0, 0.05) is 42.8 Å². The summed E-state index contributed by atoms with van der Waals surface area (Å²) in [5, 5.41) is 0.658. The Morgan fingerprint density at radius 1 is 1.21 bits per heavy atom. The standard InChI is InChI=1S/C20H21ClN6O/c1-26-11-9-23-18(26)19(28)27-10-3-2-4-16(27)17-15(12-24-20(22)25-17)13-5-7-14(21)8-6-13/h5-9,11-12,16H,2-4,10H2,1H3,(H2,22,24,25)/t16-/m0/s1. The zero-order chi connectivity index (χ0) is 19.7. The highest BCUT2D eigenvalue weighted by Crippen LogP contribution is 2.36. The molecular formula is C20H21ClN6O. The first-order chi connectivity index (χ1) is 13.5. The minimum atomic E-state index is -0.186. The molecule has 1 fully saturated rings. The van der Waals surface area contributed by atoms with Crippen LogP contribution in [0.15, 0.2) is 42.9 Å². The molecule has 0 aliphatic carbocycles. The lowest BCUT2D eigenvalue weighted by Crippen LogP contribution is -2.40. The maximum atomic E-state index is 13.2. The number of imidazole rings is 1. The molecule has 1 atom stereocenters. The van der Waals surface area contributed by atoms with Crippen molar-refractivity contribution in [1.82, 2.24) is 24.4 Å². The second-order valence-electron chi connectivity index (χ2n) is 6.91. The lowest BCUT2D eigenvalue weighted by molar-refractivity contribution is 0.0590. The summed E-state index contributed by atoms with van der Waals surface area (Å²) in [6.07, 6.45) is 7.90. The van der Waals surface area contributed by atoms with E-state index in [-0.39, 0.29) is 17.9 Å². The molecule has 2 N–H and O–H groups in total. The Kier molecular flexibility index (Phi) is 5.00. The maximum Gasteiger partial charge on any atom is 0.290 e. The first-order valence-electron chi connectivity index (χ1n) is 9.21. The van der Waals surface area contributed by atoms with E-state index in [1.807, 2.05) is 36.2 Å². The average Bonchev–Trinajstić information content (AvgIpc) is 3.14. The van der Waals surface area contributed by atoms with E-state index in [4.69, 9.17) is 17.3 Å². The molecular weight excluding hydrogens is 376 g/mol. The van der Waals surface area contributed by atoms with Gasteiger partial charge in [0.2, 0.25) is 5.95 Å². The third kappa shape index (κ3) is 3.45. The van der Waals surface area contributed by atoms with Gasteiger partial charge in [0.25, 0.3) is 5.91 Å². The van der Waals surface area contributed by atoms with Gasteiger partial charge in [0.05, 0.1) is 11.7 Å². The minimum absolute atomic E-state index is 0.101. The fourth-order valence-electron chi connectivity index (χ4n) is 3.67. The molecule has 2 aromatic heterocycles. The number of likely N-dealkylation sites (tertiary alicyclic amines) is 1. The molecule has 0 bridgehead atoms. The number of aromatic nitrogens is 4. The number of anilines is 1. The molecule has 8 heteroatoms. The van der Waals surface area contributed by atoms with E-state index in [1.54, 1.807) is 23.2 Å². The van der Waals surface area contributed by atoms with Gasteiger partial charge in [0.15, 0.2) is 5.82 Å². The average molecular weight is 397 g/mol. The molecule has 4 rings (SSSR count). The number of nitrogen functional groups attached to an aromatic ring is 1. The van der Waals surface area contributed by atoms with Crippen LogP contribution in [0.4, 0.5) is 5.95 Å². The van der Waals surface area contributed by atoms with Crippen molar-refractivity contribution in [3.8, 4) is 11.1 Å². The van der Waals surface area contributed by atoms with Gasteiger partial charge in [-0.05, 0) is 37.0 Å². The van der Waals surface area contributed by atoms with Crippen LogP contribution in [0.25, 0.3) is 11.1 Å². The Morgan fingerprint density at radius 2 is 2.00 bits per heavy atom. The monoisotopic (exact) mass is 396 g/mol. The number of halogens is 1. The van der Waals surface area contributed by atoms with Crippen molar-refractivity contribution in [1.29, 1.82) is 0 Å². The molecule has 28 heavy (non-hydrogen) atoms. The number of nitrogens with zero attached hydrogens (tertiary/aromatic N) is 5. The normalized spacial score (nSPS) is 16.9. The van der Waals surface area contributed by atoms with Crippen molar-refractivity contribution in [2.24, 2.45) is 7.05 Å². The number of nitrogens with two attached hydrogens (primary N) is 1. The van der Waals surface area contributed by atoms with E-state index < -0.39 is 0 Å². The van der Waals surface area contributed by atoms with Gasteiger partial charge in [-0.25, -0.2) is 15.0 Å². The molecule has 1 aliphatic rings. The van der Waals surface area contributed by atoms with Crippen molar-refractivity contribution >= 4 is 23.5 Å². The van der Waals surface area contributed by atoms with Crippen molar-refractivity contribution in [3.05, 3.63) is 59.4 Å². The number of piperidine rings is 1. The molecule has 7 nitrogen and oxygen atoms in total. The summed E-state index contributed by atoms with van der Waals surface area (Å²) in [5.41, 5.74) is 8.47. The first kappa shape index (κ1) is 18.4. The molecule has 1 aromatic carbocycles. The third-order valence-electron chi connectivity index (χ3n) is 5.08. The lowest BCUT2D eigenvalue weighted by atomic mass is 9.93. The second-order valence-corrected chi connectivity index (χ2v) is 7.34. The number of hydrogen-bond donors (Lipinski definition) is 1. The Bertz CT molecular complexity index is 1000. The van der Waals surface area contributed by atoms with E-state index in [1.165, 1.54) is 0 Å². The highest BCUT2D eigenvalue weighted by atomic mass is 35.5. The molecule has 1 aliphatic heterocycles. The SMILES string of the molecule is Cn1ccnc1C(=O)N1CCCC[C@H]1c1nc(N)ncc1-c1ccc(Cl)cc1. The number of aryl methyl sites for hydroxylation is 1. The van der Waals surface area contributed by atoms with Crippen LogP contribution in [0.2, 0.25) is 5.02 Å². The van der Waals surface area contributed by atoms with Crippen LogP contribution in [0.5, 0.6) is 0 Å². The van der Waals surface area contributed by atoms with Crippen LogP contribution in [0.1, 0.15) is 41.6 Å². The van der Waals surface area contributed by atoms with Crippen molar-refractivity contribution in [2.75, 3.05) is 12.3 Å². The Balaban J connectivity index is 1.77. The zero-order valence-electron chi connectivity index (χ0n) is 15.5. The van der Waals surface area contributed by atoms with E-state index in [9.17, 15) is 4.79 Å². The fourth-order valence-corrected chi connectivity index (χ4v) is 3.80. The number of carbonyl (C=O) groups excluding carboxylic acids is 1. The molecule has 3 heterocycles. The van der Waals surface area contributed by atoms with E-state index >= 15 is 0 Å². The first-order valence-corrected chi connectivity index (χ1v) is 9.59. The van der Waals surface area contributed by atoms with Gasteiger partial charge in [-0.3, -0.25) is 4.79 Å². The number of amides is 1. The van der Waals surface area contributed by atoms with Crippen molar-refractivity contribution in [2.45, 2.75) is 25.3 Å². The number of benzene rings is 1. The third-order valence-corrected chi connectivity index (χ3v) is 5.34. The van der Waals surface area contributed by atoms with E-state index in [2.05, 4.69) is 15.0 Å². The Morgan fingerprint density at radius 3 is 2.71 bits per heavy atom. The fraction of sp³-hybridized carbons (Fsp3) is 0.300. The largest absolute Gasteiger partial charge is 0.368 e. The van der Waals surface area contributed by atoms with Crippen LogP contribution in [0.3, 0.4) is 0 Å². The lowest BCUT2D eigenvalue weighted by Gasteiger charge is -2.36. The van der Waals surface area contributed by atoms with E-state index in [0.29, 0.717) is 17.4 Å². The van der Waals surface area contributed by atoms with Gasteiger partial charge in [-0.2, -0.15) is 0 Å². The maximum absolute atomic E-state index is 13.2. The van der Waals surface area contributed by atoms with E-state index in [0.717, 1.165) is 36.1 Å². The van der Waals surface area contributed by atoms with Crippen LogP contribution < -0.4 is 5.73 Å². The predicted molar refractivity (Wildman–Crippen MR) is 108 cm³/mol. The number of rotatable bonds is 3. The summed E-state index contributed by atoms with van der Waals surface area (Å²) >= 11 is 6.04. The molecule has 0 radical (unpaired) electrons. The summed E-state index contributed by atoms with van der Waals surface area (Å²) < 4.78 is 1.74.